The number of halogens is 2. The third kappa shape index (κ3) is 3.21. The topological polar surface area (TPSA) is 21.3 Å². The molecule has 2 unspecified atom stereocenters. The smallest absolute Gasteiger partial charge is 0.238 e. The van der Waals surface area contributed by atoms with E-state index in [0.29, 0.717) is 11.8 Å². The van der Waals surface area contributed by atoms with Crippen molar-refractivity contribution in [2.45, 2.75) is 70.4 Å². The van der Waals surface area contributed by atoms with Crippen LogP contribution in [0.1, 0.15) is 52.4 Å². The lowest BCUT2D eigenvalue weighted by Crippen LogP contribution is -2.57. The molecule has 1 spiro atoms. The normalized spacial score (nSPS) is 35.5. The number of hydrogen-bond donors (Lipinski definition) is 1. The first-order valence-electron chi connectivity index (χ1n) is 7.09. The van der Waals surface area contributed by atoms with E-state index in [2.05, 4.69) is 19.2 Å². The Kier molecular flexibility index (Phi) is 4.27. The van der Waals surface area contributed by atoms with Gasteiger partial charge < -0.3 is 10.1 Å². The Morgan fingerprint density at radius 2 is 2.11 bits per heavy atom. The van der Waals surface area contributed by atoms with Gasteiger partial charge in [-0.2, -0.15) is 0 Å². The average Bonchev–Trinajstić information content (AvgIpc) is 2.58. The van der Waals surface area contributed by atoms with E-state index >= 15 is 0 Å². The molecule has 1 saturated carbocycles. The molecule has 0 radical (unpaired) electrons. The third-order valence-electron chi connectivity index (χ3n) is 4.44. The van der Waals surface area contributed by atoms with Gasteiger partial charge in [0.05, 0.1) is 12.2 Å². The fourth-order valence-corrected chi connectivity index (χ4v) is 3.57. The zero-order chi connectivity index (χ0) is 13.2. The van der Waals surface area contributed by atoms with Crippen molar-refractivity contribution >= 4 is 0 Å². The molecule has 0 amide bonds. The maximum absolute atomic E-state index is 12.2. The molecule has 0 aromatic heterocycles. The van der Waals surface area contributed by atoms with E-state index in [-0.39, 0.29) is 18.1 Å². The Labute approximate surface area is 108 Å². The Morgan fingerprint density at radius 1 is 1.33 bits per heavy atom. The molecular formula is C14H25F2NO. The van der Waals surface area contributed by atoms with Crippen molar-refractivity contribution < 1.29 is 13.5 Å². The highest BCUT2D eigenvalue weighted by Crippen LogP contribution is 2.48. The standard InChI is InChI=1S/C14H25F2NO/c1-13(2)6-7-14(10-13)11(17-8-9-18-14)4-3-5-12(15)16/h11-12,17H,3-10H2,1-2H3. The summed E-state index contributed by atoms with van der Waals surface area (Å²) in [7, 11) is 0. The second-order valence-corrected chi connectivity index (χ2v) is 6.58. The molecule has 2 rings (SSSR count). The lowest BCUT2D eigenvalue weighted by atomic mass is 9.83. The molecule has 2 aliphatic rings. The van der Waals surface area contributed by atoms with Gasteiger partial charge in [0.1, 0.15) is 0 Å². The van der Waals surface area contributed by atoms with Crippen LogP contribution in [0.25, 0.3) is 0 Å². The molecule has 4 heteroatoms. The fourth-order valence-electron chi connectivity index (χ4n) is 3.57. The summed E-state index contributed by atoms with van der Waals surface area (Å²) in [6.45, 7) is 6.15. The minimum Gasteiger partial charge on any atom is -0.372 e. The van der Waals surface area contributed by atoms with Crippen LogP contribution in [0.15, 0.2) is 0 Å². The van der Waals surface area contributed by atoms with E-state index in [9.17, 15) is 8.78 Å². The summed E-state index contributed by atoms with van der Waals surface area (Å²) in [6, 6.07) is 0.256. The van der Waals surface area contributed by atoms with Gasteiger partial charge in [-0.15, -0.1) is 0 Å². The number of hydrogen-bond acceptors (Lipinski definition) is 2. The number of rotatable bonds is 4. The van der Waals surface area contributed by atoms with E-state index in [1.165, 1.54) is 6.42 Å². The molecule has 1 N–H and O–H groups in total. The van der Waals surface area contributed by atoms with Gasteiger partial charge in [-0.05, 0) is 37.5 Å². The van der Waals surface area contributed by atoms with Crippen molar-refractivity contribution in [3.8, 4) is 0 Å². The monoisotopic (exact) mass is 261 g/mol. The van der Waals surface area contributed by atoms with Gasteiger partial charge in [-0.1, -0.05) is 13.8 Å². The zero-order valence-corrected chi connectivity index (χ0v) is 11.5. The molecule has 1 aliphatic heterocycles. The van der Waals surface area contributed by atoms with Crippen molar-refractivity contribution in [2.75, 3.05) is 13.2 Å². The van der Waals surface area contributed by atoms with E-state index < -0.39 is 6.43 Å². The van der Waals surface area contributed by atoms with Crippen molar-refractivity contribution in [1.29, 1.82) is 0 Å². The predicted octanol–water partition coefficient (Wildman–Crippen LogP) is 3.36. The Hall–Kier alpha value is -0.220. The van der Waals surface area contributed by atoms with Gasteiger partial charge in [-0.3, -0.25) is 0 Å². The minimum atomic E-state index is -2.18. The van der Waals surface area contributed by atoms with Crippen LogP contribution >= 0.6 is 0 Å². The predicted molar refractivity (Wildman–Crippen MR) is 68.0 cm³/mol. The van der Waals surface area contributed by atoms with Crippen molar-refractivity contribution in [2.24, 2.45) is 5.41 Å². The molecule has 18 heavy (non-hydrogen) atoms. The number of ether oxygens (including phenoxy) is 1. The largest absolute Gasteiger partial charge is 0.372 e. The molecular weight excluding hydrogens is 236 g/mol. The highest BCUT2D eigenvalue weighted by Gasteiger charge is 2.50. The average molecular weight is 261 g/mol. The number of morpholine rings is 1. The maximum atomic E-state index is 12.2. The quantitative estimate of drug-likeness (QED) is 0.838. The fraction of sp³-hybridized carbons (Fsp3) is 1.00. The third-order valence-corrected chi connectivity index (χ3v) is 4.44. The summed E-state index contributed by atoms with van der Waals surface area (Å²) in [5.41, 5.74) is 0.226. The summed E-state index contributed by atoms with van der Waals surface area (Å²) >= 11 is 0. The molecule has 1 heterocycles. The summed E-state index contributed by atoms with van der Waals surface area (Å²) < 4.78 is 30.5. The van der Waals surface area contributed by atoms with E-state index in [1.54, 1.807) is 0 Å². The Balaban J connectivity index is 1.94. The van der Waals surface area contributed by atoms with Gasteiger partial charge >= 0.3 is 0 Å². The zero-order valence-electron chi connectivity index (χ0n) is 11.5. The lowest BCUT2D eigenvalue weighted by molar-refractivity contribution is -0.0997. The van der Waals surface area contributed by atoms with Crippen LogP contribution < -0.4 is 5.32 Å². The summed E-state index contributed by atoms with van der Waals surface area (Å²) in [6.07, 6.45) is 2.50. The molecule has 2 nitrogen and oxygen atoms in total. The van der Waals surface area contributed by atoms with Gasteiger partial charge in [0.15, 0.2) is 0 Å². The SMILES string of the molecule is CC1(C)CCC2(C1)OCCNC2CCCC(F)F. The van der Waals surface area contributed by atoms with Gasteiger partial charge in [0.2, 0.25) is 6.43 Å². The molecule has 0 aromatic rings. The van der Waals surface area contributed by atoms with E-state index in [0.717, 1.165) is 32.4 Å². The van der Waals surface area contributed by atoms with Crippen LogP contribution in [-0.4, -0.2) is 31.2 Å². The van der Waals surface area contributed by atoms with Crippen LogP contribution in [0.3, 0.4) is 0 Å². The van der Waals surface area contributed by atoms with Crippen molar-refractivity contribution in [3.05, 3.63) is 0 Å². The molecule has 0 aromatic carbocycles. The maximum Gasteiger partial charge on any atom is 0.238 e. The van der Waals surface area contributed by atoms with Crippen LogP contribution in [0, 0.1) is 5.41 Å². The lowest BCUT2D eigenvalue weighted by Gasteiger charge is -2.43. The summed E-state index contributed by atoms with van der Waals surface area (Å²) in [5, 5.41) is 3.49. The number of alkyl halides is 2. The highest BCUT2D eigenvalue weighted by molar-refractivity contribution is 5.04. The van der Waals surface area contributed by atoms with Crippen LogP contribution in [-0.2, 0) is 4.74 Å². The molecule has 2 atom stereocenters. The van der Waals surface area contributed by atoms with Crippen LogP contribution in [0.2, 0.25) is 0 Å². The number of nitrogens with one attached hydrogen (secondary N) is 1. The van der Waals surface area contributed by atoms with Crippen LogP contribution in [0.5, 0.6) is 0 Å². The molecule has 1 aliphatic carbocycles. The molecule has 0 bridgehead atoms. The second-order valence-electron chi connectivity index (χ2n) is 6.58. The van der Waals surface area contributed by atoms with Crippen LogP contribution in [0.4, 0.5) is 8.78 Å². The summed E-state index contributed by atoms with van der Waals surface area (Å²) in [5.74, 6) is 0. The first-order valence-corrected chi connectivity index (χ1v) is 7.09. The Bertz CT molecular complexity index is 283. The summed E-state index contributed by atoms with van der Waals surface area (Å²) in [4.78, 5) is 0. The second kappa shape index (κ2) is 5.41. The molecule has 1 saturated heterocycles. The van der Waals surface area contributed by atoms with Gasteiger partial charge in [-0.25, -0.2) is 8.78 Å². The molecule has 106 valence electrons. The van der Waals surface area contributed by atoms with Crippen molar-refractivity contribution in [1.82, 2.24) is 5.32 Å². The minimum absolute atomic E-state index is 0.0116. The van der Waals surface area contributed by atoms with E-state index in [1.807, 2.05) is 0 Å². The highest BCUT2D eigenvalue weighted by atomic mass is 19.3. The first-order chi connectivity index (χ1) is 8.44. The molecule has 2 fully saturated rings. The van der Waals surface area contributed by atoms with E-state index in [4.69, 9.17) is 4.74 Å². The van der Waals surface area contributed by atoms with Gasteiger partial charge in [0.25, 0.3) is 0 Å². The van der Waals surface area contributed by atoms with Gasteiger partial charge in [0, 0.05) is 19.0 Å². The Morgan fingerprint density at radius 3 is 2.72 bits per heavy atom. The first kappa shape index (κ1) is 14.2. The van der Waals surface area contributed by atoms with Crippen molar-refractivity contribution in [3.63, 3.8) is 0 Å².